The van der Waals surface area contributed by atoms with E-state index in [0.29, 0.717) is 5.69 Å². The summed E-state index contributed by atoms with van der Waals surface area (Å²) in [6.45, 7) is 1.96. The molecule has 86 valence electrons. The molecule has 0 aliphatic carbocycles. The van der Waals surface area contributed by atoms with Gasteiger partial charge in [-0.3, -0.25) is 5.10 Å². The Morgan fingerprint density at radius 3 is 2.88 bits per heavy atom. The number of nitrogens with zero attached hydrogens (tertiary/aromatic N) is 1. The van der Waals surface area contributed by atoms with Crippen LogP contribution in [0.5, 0.6) is 5.75 Å². The highest BCUT2D eigenvalue weighted by Gasteiger charge is 2.14. The van der Waals surface area contributed by atoms with Gasteiger partial charge in [0.05, 0.1) is 17.6 Å². The molecule has 3 rings (SSSR count). The quantitative estimate of drug-likeness (QED) is 0.514. The van der Waals surface area contributed by atoms with Crippen molar-refractivity contribution >= 4 is 16.6 Å². The molecule has 17 heavy (non-hydrogen) atoms. The number of fused-ring (bicyclic) bond motifs is 1. The highest BCUT2D eigenvalue weighted by molar-refractivity contribution is 5.99. The summed E-state index contributed by atoms with van der Waals surface area (Å²) in [4.78, 5) is 3.22. The summed E-state index contributed by atoms with van der Waals surface area (Å²) in [5.74, 6) is 0.239. The molecular formula is C12H12N4O. The van der Waals surface area contributed by atoms with Crippen molar-refractivity contribution in [1.29, 1.82) is 0 Å². The number of H-pyrrole nitrogens is 2. The Bertz CT molecular complexity index is 696. The normalized spacial score (nSPS) is 11.1. The summed E-state index contributed by atoms with van der Waals surface area (Å²) in [7, 11) is 0. The van der Waals surface area contributed by atoms with Gasteiger partial charge >= 0.3 is 0 Å². The van der Waals surface area contributed by atoms with Crippen molar-refractivity contribution in [1.82, 2.24) is 15.2 Å². The third-order valence-corrected chi connectivity index (χ3v) is 2.89. The van der Waals surface area contributed by atoms with Gasteiger partial charge in [-0.05, 0) is 19.1 Å². The fourth-order valence-corrected chi connectivity index (χ4v) is 2.14. The predicted molar refractivity (Wildman–Crippen MR) is 66.7 cm³/mol. The molecule has 2 heterocycles. The molecule has 0 aliphatic rings. The SMILES string of the molecule is Cc1[nH]c2cc(O)ccc2c1-c1[nH]ncc1N. The van der Waals surface area contributed by atoms with E-state index in [1.54, 1.807) is 18.3 Å². The van der Waals surface area contributed by atoms with Crippen molar-refractivity contribution in [3.63, 3.8) is 0 Å². The summed E-state index contributed by atoms with van der Waals surface area (Å²) in [5.41, 5.74) is 10.1. The molecule has 5 nitrogen and oxygen atoms in total. The minimum Gasteiger partial charge on any atom is -0.508 e. The molecule has 1 aromatic carbocycles. The standard InChI is InChI=1S/C12H12N4O/c1-6-11(12-9(13)5-14-16-12)8-3-2-7(17)4-10(8)15-6/h2-5,15,17H,13H2,1H3,(H,14,16). The van der Waals surface area contributed by atoms with Gasteiger partial charge in [0.15, 0.2) is 0 Å². The second-order valence-electron chi connectivity index (χ2n) is 4.06. The Morgan fingerprint density at radius 2 is 2.18 bits per heavy atom. The average Bonchev–Trinajstić information content (AvgIpc) is 2.80. The molecule has 0 amide bonds. The van der Waals surface area contributed by atoms with E-state index in [4.69, 9.17) is 5.73 Å². The number of anilines is 1. The van der Waals surface area contributed by atoms with E-state index in [-0.39, 0.29) is 5.75 Å². The maximum atomic E-state index is 9.45. The molecule has 0 aliphatic heterocycles. The number of aromatic amines is 2. The predicted octanol–water partition coefficient (Wildman–Crippen LogP) is 2.15. The van der Waals surface area contributed by atoms with Gasteiger partial charge in [-0.15, -0.1) is 0 Å². The van der Waals surface area contributed by atoms with Gasteiger partial charge in [0, 0.05) is 28.2 Å². The summed E-state index contributed by atoms with van der Waals surface area (Å²) in [6, 6.07) is 5.22. The number of aryl methyl sites for hydroxylation is 1. The smallest absolute Gasteiger partial charge is 0.117 e. The zero-order valence-corrected chi connectivity index (χ0v) is 9.28. The van der Waals surface area contributed by atoms with E-state index in [1.807, 2.05) is 13.0 Å². The van der Waals surface area contributed by atoms with E-state index in [2.05, 4.69) is 15.2 Å². The fourth-order valence-electron chi connectivity index (χ4n) is 2.14. The largest absolute Gasteiger partial charge is 0.508 e. The first-order valence-electron chi connectivity index (χ1n) is 5.27. The van der Waals surface area contributed by atoms with Crippen molar-refractivity contribution in [2.24, 2.45) is 0 Å². The number of hydrogen-bond donors (Lipinski definition) is 4. The first kappa shape index (κ1) is 9.77. The maximum absolute atomic E-state index is 9.45. The van der Waals surface area contributed by atoms with Gasteiger partial charge in [-0.25, -0.2) is 0 Å². The van der Waals surface area contributed by atoms with Crippen LogP contribution in [-0.2, 0) is 0 Å². The topological polar surface area (TPSA) is 90.7 Å². The third-order valence-electron chi connectivity index (χ3n) is 2.89. The number of aromatic nitrogens is 3. The number of hydrogen-bond acceptors (Lipinski definition) is 3. The molecule has 0 unspecified atom stereocenters. The van der Waals surface area contributed by atoms with Crippen LogP contribution in [0.4, 0.5) is 5.69 Å². The number of aromatic hydroxyl groups is 1. The Balaban J connectivity index is 2.37. The summed E-state index contributed by atoms with van der Waals surface area (Å²) in [5, 5.41) is 17.3. The lowest BCUT2D eigenvalue weighted by atomic mass is 10.1. The molecule has 0 saturated heterocycles. The molecule has 0 atom stereocenters. The Morgan fingerprint density at radius 1 is 1.35 bits per heavy atom. The summed E-state index contributed by atoms with van der Waals surface area (Å²) in [6.07, 6.45) is 1.59. The number of nitrogen functional groups attached to an aromatic ring is 1. The van der Waals surface area contributed by atoms with E-state index >= 15 is 0 Å². The zero-order valence-electron chi connectivity index (χ0n) is 9.28. The number of nitrogens with two attached hydrogens (primary N) is 1. The Labute approximate surface area is 97.3 Å². The van der Waals surface area contributed by atoms with Crippen LogP contribution in [0.1, 0.15) is 5.69 Å². The van der Waals surface area contributed by atoms with Crippen LogP contribution >= 0.6 is 0 Å². The first-order chi connectivity index (χ1) is 8.16. The fraction of sp³-hybridized carbons (Fsp3) is 0.0833. The molecule has 2 aromatic heterocycles. The maximum Gasteiger partial charge on any atom is 0.117 e. The van der Waals surface area contributed by atoms with Crippen molar-refractivity contribution in [2.45, 2.75) is 6.92 Å². The lowest BCUT2D eigenvalue weighted by Crippen LogP contribution is -1.87. The first-order valence-corrected chi connectivity index (χ1v) is 5.27. The van der Waals surface area contributed by atoms with Crippen molar-refractivity contribution in [3.8, 4) is 17.0 Å². The Hall–Kier alpha value is -2.43. The van der Waals surface area contributed by atoms with Crippen LogP contribution < -0.4 is 5.73 Å². The highest BCUT2D eigenvalue weighted by atomic mass is 16.3. The van der Waals surface area contributed by atoms with Crippen LogP contribution in [0.25, 0.3) is 22.2 Å². The van der Waals surface area contributed by atoms with Gasteiger partial charge in [-0.1, -0.05) is 0 Å². The van der Waals surface area contributed by atoms with Crippen LogP contribution in [0.2, 0.25) is 0 Å². The molecule has 5 heteroatoms. The molecule has 5 N–H and O–H groups in total. The average molecular weight is 228 g/mol. The van der Waals surface area contributed by atoms with E-state index in [0.717, 1.165) is 27.9 Å². The second-order valence-corrected chi connectivity index (χ2v) is 4.06. The minimum atomic E-state index is 0.239. The number of phenolic OH excluding ortho intramolecular Hbond substituents is 1. The second kappa shape index (κ2) is 3.28. The van der Waals surface area contributed by atoms with Crippen LogP contribution in [0.15, 0.2) is 24.4 Å². The molecule has 0 spiro atoms. The molecule has 0 bridgehead atoms. The number of rotatable bonds is 1. The van der Waals surface area contributed by atoms with Gasteiger partial charge in [0.2, 0.25) is 0 Å². The third kappa shape index (κ3) is 1.36. The summed E-state index contributed by atoms with van der Waals surface area (Å²) >= 11 is 0. The minimum absolute atomic E-state index is 0.239. The molecule has 3 aromatic rings. The van der Waals surface area contributed by atoms with E-state index in [9.17, 15) is 5.11 Å². The summed E-state index contributed by atoms with van der Waals surface area (Å²) < 4.78 is 0. The molecule has 0 fully saturated rings. The van der Waals surface area contributed by atoms with Gasteiger partial charge in [-0.2, -0.15) is 5.10 Å². The van der Waals surface area contributed by atoms with Crippen molar-refractivity contribution in [3.05, 3.63) is 30.1 Å². The molecular weight excluding hydrogens is 216 g/mol. The lowest BCUT2D eigenvalue weighted by molar-refractivity contribution is 0.476. The van der Waals surface area contributed by atoms with Crippen molar-refractivity contribution < 1.29 is 5.11 Å². The highest BCUT2D eigenvalue weighted by Crippen LogP contribution is 2.34. The van der Waals surface area contributed by atoms with Gasteiger partial charge in [0.25, 0.3) is 0 Å². The van der Waals surface area contributed by atoms with Crippen molar-refractivity contribution in [2.75, 3.05) is 5.73 Å². The van der Waals surface area contributed by atoms with Crippen LogP contribution in [-0.4, -0.2) is 20.3 Å². The monoisotopic (exact) mass is 228 g/mol. The number of nitrogens with one attached hydrogen (secondary N) is 2. The Kier molecular flexibility index (Phi) is 1.89. The van der Waals surface area contributed by atoms with Crippen LogP contribution in [0, 0.1) is 6.92 Å². The van der Waals surface area contributed by atoms with E-state index < -0.39 is 0 Å². The lowest BCUT2D eigenvalue weighted by Gasteiger charge is -1.99. The van der Waals surface area contributed by atoms with E-state index in [1.165, 1.54) is 0 Å². The van der Waals surface area contributed by atoms with Gasteiger partial charge < -0.3 is 15.8 Å². The van der Waals surface area contributed by atoms with Gasteiger partial charge in [0.1, 0.15) is 5.75 Å². The molecule has 0 saturated carbocycles. The van der Waals surface area contributed by atoms with Crippen LogP contribution in [0.3, 0.4) is 0 Å². The zero-order chi connectivity index (χ0) is 12.0. The number of phenols is 1. The number of benzene rings is 1. The molecule has 0 radical (unpaired) electrons.